The number of ether oxygens (including phenoxy) is 1. The molecule has 1 aliphatic rings. The van der Waals surface area contributed by atoms with Gasteiger partial charge >= 0.3 is 5.97 Å². The minimum Gasteiger partial charge on any atom is -0.478 e. The van der Waals surface area contributed by atoms with Crippen LogP contribution in [0.1, 0.15) is 16.7 Å². The Hall–Kier alpha value is -1.51. The standard InChI is InChI=1S/C11H12O3/c1-6-3-8-5-10(11(12)13)14-9(8)4-7(6)2/h3-4,10H,5H2,1-2H3,(H,12,13). The zero-order valence-corrected chi connectivity index (χ0v) is 8.20. The van der Waals surface area contributed by atoms with Crippen LogP contribution in [-0.2, 0) is 11.2 Å². The van der Waals surface area contributed by atoms with Gasteiger partial charge in [0, 0.05) is 6.42 Å². The number of carboxylic acid groups (broad SMARTS) is 1. The van der Waals surface area contributed by atoms with Gasteiger partial charge in [-0.3, -0.25) is 0 Å². The predicted octanol–water partition coefficient (Wildman–Crippen LogP) is 1.69. The highest BCUT2D eigenvalue weighted by Gasteiger charge is 2.28. The van der Waals surface area contributed by atoms with Gasteiger partial charge in [0.15, 0.2) is 6.10 Å². The molecular weight excluding hydrogens is 180 g/mol. The summed E-state index contributed by atoms with van der Waals surface area (Å²) < 4.78 is 5.30. The van der Waals surface area contributed by atoms with Crippen LogP contribution in [0.5, 0.6) is 5.75 Å². The van der Waals surface area contributed by atoms with Crippen LogP contribution in [0, 0.1) is 13.8 Å². The van der Waals surface area contributed by atoms with Crippen LogP contribution in [0.15, 0.2) is 12.1 Å². The van der Waals surface area contributed by atoms with Crippen molar-refractivity contribution in [3.05, 3.63) is 28.8 Å². The number of rotatable bonds is 1. The van der Waals surface area contributed by atoms with Gasteiger partial charge in [-0.2, -0.15) is 0 Å². The van der Waals surface area contributed by atoms with Gasteiger partial charge in [0.2, 0.25) is 0 Å². The maximum atomic E-state index is 10.7. The van der Waals surface area contributed by atoms with E-state index in [1.54, 1.807) is 0 Å². The van der Waals surface area contributed by atoms with E-state index in [-0.39, 0.29) is 0 Å². The lowest BCUT2D eigenvalue weighted by Gasteiger charge is -2.05. The van der Waals surface area contributed by atoms with Crippen molar-refractivity contribution < 1.29 is 14.6 Å². The molecule has 0 aromatic heterocycles. The van der Waals surface area contributed by atoms with Crippen molar-refractivity contribution in [1.29, 1.82) is 0 Å². The molecule has 0 bridgehead atoms. The van der Waals surface area contributed by atoms with Crippen molar-refractivity contribution in [1.82, 2.24) is 0 Å². The van der Waals surface area contributed by atoms with E-state index in [4.69, 9.17) is 9.84 Å². The second kappa shape index (κ2) is 3.01. The molecule has 1 aromatic carbocycles. The summed E-state index contributed by atoms with van der Waals surface area (Å²) in [5.41, 5.74) is 3.31. The highest BCUT2D eigenvalue weighted by Crippen LogP contribution is 2.31. The van der Waals surface area contributed by atoms with E-state index < -0.39 is 12.1 Å². The summed E-state index contributed by atoms with van der Waals surface area (Å²) >= 11 is 0. The highest BCUT2D eigenvalue weighted by molar-refractivity contribution is 5.74. The van der Waals surface area contributed by atoms with Crippen molar-refractivity contribution >= 4 is 5.97 Å². The monoisotopic (exact) mass is 192 g/mol. The Balaban J connectivity index is 2.36. The Morgan fingerprint density at radius 2 is 2.07 bits per heavy atom. The number of carbonyl (C=O) groups is 1. The molecule has 0 saturated heterocycles. The first-order chi connectivity index (χ1) is 6.58. The van der Waals surface area contributed by atoms with Crippen molar-refractivity contribution in [2.24, 2.45) is 0 Å². The van der Waals surface area contributed by atoms with Gasteiger partial charge in [-0.1, -0.05) is 6.07 Å². The summed E-state index contributed by atoms with van der Waals surface area (Å²) in [6.07, 6.45) is -0.225. The van der Waals surface area contributed by atoms with Crippen molar-refractivity contribution in [3.63, 3.8) is 0 Å². The molecule has 0 spiro atoms. The molecular formula is C11H12O3. The number of aliphatic carboxylic acids is 1. The fourth-order valence-corrected chi connectivity index (χ4v) is 1.65. The fraction of sp³-hybridized carbons (Fsp3) is 0.364. The molecule has 0 aliphatic carbocycles. The van der Waals surface area contributed by atoms with Gasteiger partial charge in [-0.05, 0) is 36.6 Å². The molecule has 74 valence electrons. The van der Waals surface area contributed by atoms with E-state index in [1.807, 2.05) is 26.0 Å². The first-order valence-electron chi connectivity index (χ1n) is 4.57. The lowest BCUT2D eigenvalue weighted by molar-refractivity contribution is -0.144. The predicted molar refractivity (Wildman–Crippen MR) is 51.7 cm³/mol. The molecule has 3 heteroatoms. The first kappa shape index (κ1) is 9.06. The maximum Gasteiger partial charge on any atom is 0.345 e. The third-order valence-electron chi connectivity index (χ3n) is 2.63. The number of hydrogen-bond donors (Lipinski definition) is 1. The molecule has 2 rings (SSSR count). The Labute approximate surface area is 82.3 Å². The lowest BCUT2D eigenvalue weighted by atomic mass is 10.0. The lowest BCUT2D eigenvalue weighted by Crippen LogP contribution is -2.24. The SMILES string of the molecule is Cc1cc2c(cc1C)OC(C(=O)O)C2. The summed E-state index contributed by atoms with van der Waals surface area (Å²) in [4.78, 5) is 10.7. The van der Waals surface area contributed by atoms with Crippen LogP contribution < -0.4 is 4.74 Å². The number of benzene rings is 1. The molecule has 1 heterocycles. The van der Waals surface area contributed by atoms with E-state index in [0.717, 1.165) is 16.9 Å². The van der Waals surface area contributed by atoms with Crippen molar-refractivity contribution in [3.8, 4) is 5.75 Å². The van der Waals surface area contributed by atoms with Crippen LogP contribution >= 0.6 is 0 Å². The molecule has 0 saturated carbocycles. The first-order valence-corrected chi connectivity index (χ1v) is 4.57. The quantitative estimate of drug-likeness (QED) is 0.736. The van der Waals surface area contributed by atoms with Crippen molar-refractivity contribution in [2.45, 2.75) is 26.4 Å². The summed E-state index contributed by atoms with van der Waals surface area (Å²) in [5, 5.41) is 8.80. The van der Waals surface area contributed by atoms with Crippen LogP contribution in [-0.4, -0.2) is 17.2 Å². The molecule has 1 unspecified atom stereocenters. The summed E-state index contributed by atoms with van der Waals surface area (Å²) in [6, 6.07) is 3.92. The highest BCUT2D eigenvalue weighted by atomic mass is 16.5. The van der Waals surface area contributed by atoms with E-state index in [0.29, 0.717) is 6.42 Å². The van der Waals surface area contributed by atoms with Gasteiger partial charge in [0.05, 0.1) is 0 Å². The van der Waals surface area contributed by atoms with Crippen LogP contribution in [0.25, 0.3) is 0 Å². The fourth-order valence-electron chi connectivity index (χ4n) is 1.65. The second-order valence-corrected chi connectivity index (χ2v) is 3.69. The molecule has 1 N–H and O–H groups in total. The van der Waals surface area contributed by atoms with Crippen LogP contribution in [0.4, 0.5) is 0 Å². The molecule has 0 amide bonds. The third kappa shape index (κ3) is 1.35. The summed E-state index contributed by atoms with van der Waals surface area (Å²) in [5.74, 6) is -0.169. The molecule has 14 heavy (non-hydrogen) atoms. The third-order valence-corrected chi connectivity index (χ3v) is 2.63. The molecule has 0 fully saturated rings. The van der Waals surface area contributed by atoms with Gasteiger partial charge in [-0.25, -0.2) is 4.79 Å². The summed E-state index contributed by atoms with van der Waals surface area (Å²) in [7, 11) is 0. The van der Waals surface area contributed by atoms with Crippen LogP contribution in [0.2, 0.25) is 0 Å². The molecule has 1 aromatic rings. The minimum atomic E-state index is -0.892. The zero-order valence-electron chi connectivity index (χ0n) is 8.20. The smallest absolute Gasteiger partial charge is 0.345 e. The molecule has 1 aliphatic heterocycles. The zero-order chi connectivity index (χ0) is 10.3. The topological polar surface area (TPSA) is 46.5 Å². The Bertz CT molecular complexity index is 365. The van der Waals surface area contributed by atoms with Crippen molar-refractivity contribution in [2.75, 3.05) is 0 Å². The Morgan fingerprint density at radius 1 is 1.43 bits per heavy atom. The largest absolute Gasteiger partial charge is 0.478 e. The van der Waals surface area contributed by atoms with E-state index >= 15 is 0 Å². The Morgan fingerprint density at radius 3 is 2.71 bits per heavy atom. The number of hydrogen-bond acceptors (Lipinski definition) is 2. The maximum absolute atomic E-state index is 10.7. The normalized spacial score (nSPS) is 18.9. The van der Waals surface area contributed by atoms with E-state index in [9.17, 15) is 4.79 Å². The minimum absolute atomic E-state index is 0.478. The van der Waals surface area contributed by atoms with Gasteiger partial charge in [0.1, 0.15) is 5.75 Å². The Kier molecular flexibility index (Phi) is 1.95. The van der Waals surface area contributed by atoms with E-state index in [1.165, 1.54) is 5.56 Å². The van der Waals surface area contributed by atoms with Gasteiger partial charge in [-0.15, -0.1) is 0 Å². The average molecular weight is 192 g/mol. The van der Waals surface area contributed by atoms with Crippen LogP contribution in [0.3, 0.4) is 0 Å². The number of aryl methyl sites for hydroxylation is 2. The number of carboxylic acids is 1. The molecule has 1 atom stereocenters. The summed E-state index contributed by atoms with van der Waals surface area (Å²) in [6.45, 7) is 4.01. The van der Waals surface area contributed by atoms with Gasteiger partial charge in [0.25, 0.3) is 0 Å². The number of fused-ring (bicyclic) bond motifs is 1. The molecule has 0 radical (unpaired) electrons. The molecule has 3 nitrogen and oxygen atoms in total. The second-order valence-electron chi connectivity index (χ2n) is 3.69. The van der Waals surface area contributed by atoms with Gasteiger partial charge < -0.3 is 9.84 Å². The van der Waals surface area contributed by atoms with E-state index in [2.05, 4.69) is 0 Å². The average Bonchev–Trinajstić information content (AvgIpc) is 2.48.